The lowest BCUT2D eigenvalue weighted by Gasteiger charge is -1.88. The zero-order chi connectivity index (χ0) is 9.42. The van der Waals surface area contributed by atoms with Crippen LogP contribution in [-0.2, 0) is 0 Å². The van der Waals surface area contributed by atoms with E-state index in [9.17, 15) is 0 Å². The van der Waals surface area contributed by atoms with Gasteiger partial charge in [-0.3, -0.25) is 5.10 Å². The summed E-state index contributed by atoms with van der Waals surface area (Å²) in [5.41, 5.74) is 6.19. The maximum absolute atomic E-state index is 5.60. The van der Waals surface area contributed by atoms with E-state index in [1.807, 2.05) is 0 Å². The molecular weight excluding hydrogens is 384 g/mol. The fourth-order valence-electron chi connectivity index (χ4n) is 0.881. The molecular formula is C5H5Br3N6. The van der Waals surface area contributed by atoms with Crippen LogP contribution < -0.4 is 5.73 Å². The molecule has 0 aliphatic carbocycles. The molecule has 2 aromatic rings. The van der Waals surface area contributed by atoms with Gasteiger partial charge < -0.3 is 10.7 Å². The Morgan fingerprint density at radius 1 is 1.14 bits per heavy atom. The lowest BCUT2D eigenvalue weighted by molar-refractivity contribution is 1.07. The van der Waals surface area contributed by atoms with Crippen molar-refractivity contribution < 1.29 is 0 Å². The normalized spacial score (nSPS) is 9.86. The quantitative estimate of drug-likeness (QED) is 0.695. The first-order valence-electron chi connectivity index (χ1n) is 3.26. The SMILES string of the molecule is Br.Nc1nc(Br)[nH]c1-c1n[nH]c(Br)n1. The molecule has 0 unspecified atom stereocenters. The highest BCUT2D eigenvalue weighted by atomic mass is 79.9. The Bertz CT molecular complexity index is 434. The second-order valence-corrected chi connectivity index (χ2v) is 3.74. The Morgan fingerprint density at radius 3 is 2.29 bits per heavy atom. The average Bonchev–Trinajstić information content (AvgIpc) is 2.58. The summed E-state index contributed by atoms with van der Waals surface area (Å²) < 4.78 is 1.11. The number of aromatic nitrogens is 5. The number of halogens is 3. The van der Waals surface area contributed by atoms with Crippen molar-refractivity contribution in [2.24, 2.45) is 0 Å². The van der Waals surface area contributed by atoms with Crippen LogP contribution in [0.5, 0.6) is 0 Å². The highest BCUT2D eigenvalue weighted by molar-refractivity contribution is 9.10. The van der Waals surface area contributed by atoms with Crippen LogP contribution >= 0.6 is 48.8 Å². The van der Waals surface area contributed by atoms with Gasteiger partial charge in [0, 0.05) is 0 Å². The maximum atomic E-state index is 5.60. The smallest absolute Gasteiger partial charge is 0.202 e. The van der Waals surface area contributed by atoms with E-state index in [0.29, 0.717) is 26.8 Å². The summed E-state index contributed by atoms with van der Waals surface area (Å²) in [4.78, 5) is 10.8. The van der Waals surface area contributed by atoms with Crippen LogP contribution in [0.1, 0.15) is 0 Å². The van der Waals surface area contributed by atoms with Crippen LogP contribution in [-0.4, -0.2) is 25.1 Å². The molecule has 0 aliphatic heterocycles. The number of rotatable bonds is 1. The summed E-state index contributed by atoms with van der Waals surface area (Å²) in [7, 11) is 0. The van der Waals surface area contributed by atoms with E-state index < -0.39 is 0 Å². The minimum absolute atomic E-state index is 0. The van der Waals surface area contributed by atoms with Gasteiger partial charge in [0.2, 0.25) is 5.82 Å². The summed E-state index contributed by atoms with van der Waals surface area (Å²) in [6.07, 6.45) is 0. The van der Waals surface area contributed by atoms with Gasteiger partial charge in [-0.1, -0.05) is 0 Å². The number of nitrogens with zero attached hydrogens (tertiary/aromatic N) is 3. The second kappa shape index (κ2) is 4.41. The molecule has 14 heavy (non-hydrogen) atoms. The predicted molar refractivity (Wildman–Crippen MR) is 64.1 cm³/mol. The van der Waals surface area contributed by atoms with Gasteiger partial charge >= 0.3 is 0 Å². The van der Waals surface area contributed by atoms with Crippen molar-refractivity contribution in [1.82, 2.24) is 25.1 Å². The molecule has 2 heterocycles. The third-order valence-electron chi connectivity index (χ3n) is 1.38. The summed E-state index contributed by atoms with van der Waals surface area (Å²) in [5.74, 6) is 0.834. The van der Waals surface area contributed by atoms with Gasteiger partial charge in [0.25, 0.3) is 0 Å². The van der Waals surface area contributed by atoms with E-state index in [1.165, 1.54) is 0 Å². The van der Waals surface area contributed by atoms with Crippen LogP contribution in [0.3, 0.4) is 0 Å². The summed E-state index contributed by atoms with van der Waals surface area (Å²) in [5, 5.41) is 6.55. The van der Waals surface area contributed by atoms with E-state index in [0.717, 1.165) is 0 Å². The second-order valence-electron chi connectivity index (χ2n) is 2.24. The Balaban J connectivity index is 0.000000980. The Labute approximate surface area is 106 Å². The van der Waals surface area contributed by atoms with E-state index in [-0.39, 0.29) is 17.0 Å². The van der Waals surface area contributed by atoms with Crippen LogP contribution in [0.15, 0.2) is 9.47 Å². The first kappa shape index (κ1) is 11.7. The first-order chi connectivity index (χ1) is 6.16. The van der Waals surface area contributed by atoms with Crippen molar-refractivity contribution in [1.29, 1.82) is 0 Å². The lowest BCUT2D eigenvalue weighted by atomic mass is 10.4. The standard InChI is InChI=1S/C5H4Br2N6.BrH/c6-4-9-1(2(8)10-4)3-11-5(7)13-12-3;/h8H2,(H,9,10)(H,11,12,13);1H. The average molecular weight is 389 g/mol. The number of nitrogens with two attached hydrogens (primary N) is 1. The molecule has 76 valence electrons. The third kappa shape index (κ3) is 2.15. The van der Waals surface area contributed by atoms with Crippen LogP contribution in [0, 0.1) is 0 Å². The molecule has 0 saturated carbocycles. The molecule has 9 heteroatoms. The minimum atomic E-state index is 0. The van der Waals surface area contributed by atoms with Gasteiger partial charge in [-0.15, -0.1) is 17.0 Å². The summed E-state index contributed by atoms with van der Waals surface area (Å²) in [6, 6.07) is 0. The molecule has 0 bridgehead atoms. The van der Waals surface area contributed by atoms with Crippen molar-refractivity contribution in [2.45, 2.75) is 0 Å². The Kier molecular flexibility index (Phi) is 3.67. The van der Waals surface area contributed by atoms with E-state index in [2.05, 4.69) is 57.0 Å². The molecule has 0 spiro atoms. The van der Waals surface area contributed by atoms with Crippen LogP contribution in [0.25, 0.3) is 11.5 Å². The van der Waals surface area contributed by atoms with Gasteiger partial charge in [-0.25, -0.2) is 4.98 Å². The number of nitrogens with one attached hydrogen (secondary N) is 2. The lowest BCUT2D eigenvalue weighted by Crippen LogP contribution is -1.89. The van der Waals surface area contributed by atoms with Crippen molar-refractivity contribution in [3.05, 3.63) is 9.47 Å². The molecule has 4 N–H and O–H groups in total. The van der Waals surface area contributed by atoms with E-state index in [1.54, 1.807) is 0 Å². The number of nitrogen functional groups attached to an aromatic ring is 1. The van der Waals surface area contributed by atoms with Gasteiger partial charge in [-0.2, -0.15) is 10.1 Å². The van der Waals surface area contributed by atoms with Gasteiger partial charge in [0.05, 0.1) is 0 Å². The van der Waals surface area contributed by atoms with E-state index >= 15 is 0 Å². The molecule has 0 aliphatic rings. The molecule has 0 radical (unpaired) electrons. The molecule has 6 nitrogen and oxygen atoms in total. The largest absolute Gasteiger partial charge is 0.382 e. The van der Waals surface area contributed by atoms with Crippen molar-refractivity contribution in [2.75, 3.05) is 5.73 Å². The number of H-pyrrole nitrogens is 2. The van der Waals surface area contributed by atoms with Crippen molar-refractivity contribution in [3.8, 4) is 11.5 Å². The minimum Gasteiger partial charge on any atom is -0.382 e. The number of anilines is 1. The Hall–Kier alpha value is -0.410. The molecule has 0 aromatic carbocycles. The van der Waals surface area contributed by atoms with Gasteiger partial charge in [-0.05, 0) is 31.9 Å². The predicted octanol–water partition coefficient (Wildman–Crippen LogP) is 1.88. The van der Waals surface area contributed by atoms with Gasteiger partial charge in [0.15, 0.2) is 15.3 Å². The third-order valence-corrected chi connectivity index (χ3v) is 2.11. The molecule has 0 saturated heterocycles. The highest BCUT2D eigenvalue weighted by Crippen LogP contribution is 2.22. The first-order valence-corrected chi connectivity index (χ1v) is 4.84. The highest BCUT2D eigenvalue weighted by Gasteiger charge is 2.12. The number of aromatic amines is 2. The molecule has 0 fully saturated rings. The number of hydrogen-bond acceptors (Lipinski definition) is 4. The van der Waals surface area contributed by atoms with Gasteiger partial charge in [0.1, 0.15) is 5.69 Å². The monoisotopic (exact) mass is 386 g/mol. The number of hydrogen-bond donors (Lipinski definition) is 3. The molecule has 2 rings (SSSR count). The summed E-state index contributed by atoms with van der Waals surface area (Å²) >= 11 is 6.31. The summed E-state index contributed by atoms with van der Waals surface area (Å²) in [6.45, 7) is 0. The fourth-order valence-corrected chi connectivity index (χ4v) is 1.53. The fraction of sp³-hybridized carbons (Fsp3) is 0. The zero-order valence-electron chi connectivity index (χ0n) is 6.58. The van der Waals surface area contributed by atoms with Crippen LogP contribution in [0.4, 0.5) is 5.82 Å². The number of imidazole rings is 1. The molecule has 0 atom stereocenters. The molecule has 2 aromatic heterocycles. The van der Waals surface area contributed by atoms with Crippen LogP contribution in [0.2, 0.25) is 0 Å². The van der Waals surface area contributed by atoms with E-state index in [4.69, 9.17) is 5.73 Å². The van der Waals surface area contributed by atoms with Crippen molar-refractivity contribution >= 4 is 54.7 Å². The zero-order valence-corrected chi connectivity index (χ0v) is 11.5. The Morgan fingerprint density at radius 2 is 1.86 bits per heavy atom. The van der Waals surface area contributed by atoms with Crippen molar-refractivity contribution in [3.63, 3.8) is 0 Å². The topological polar surface area (TPSA) is 96.3 Å². The maximum Gasteiger partial charge on any atom is 0.202 e. The molecule has 0 amide bonds.